The van der Waals surface area contributed by atoms with Gasteiger partial charge < -0.3 is 0 Å². The summed E-state index contributed by atoms with van der Waals surface area (Å²) in [6.45, 7) is 0.478. The molecule has 2 aromatic carbocycles. The highest BCUT2D eigenvalue weighted by molar-refractivity contribution is 7.92. The average Bonchev–Trinajstić information content (AvgIpc) is 3.02. The van der Waals surface area contributed by atoms with Crippen molar-refractivity contribution < 1.29 is 8.42 Å². The van der Waals surface area contributed by atoms with Gasteiger partial charge in [0.05, 0.1) is 17.1 Å². The average molecular weight is 348 g/mol. The molecule has 1 heterocycles. The van der Waals surface area contributed by atoms with Gasteiger partial charge in [0.2, 0.25) is 0 Å². The number of benzene rings is 2. The number of halogens is 1. The van der Waals surface area contributed by atoms with Crippen LogP contribution in [0.5, 0.6) is 0 Å². The lowest BCUT2D eigenvalue weighted by Gasteiger charge is -2.13. The number of aromatic nitrogens is 2. The van der Waals surface area contributed by atoms with E-state index in [2.05, 4.69) is 9.82 Å². The molecule has 0 aliphatic heterocycles. The van der Waals surface area contributed by atoms with E-state index in [-0.39, 0.29) is 4.90 Å². The van der Waals surface area contributed by atoms with Gasteiger partial charge in [0.25, 0.3) is 10.0 Å². The summed E-state index contributed by atoms with van der Waals surface area (Å²) in [7, 11) is -3.67. The third-order valence-electron chi connectivity index (χ3n) is 3.28. The number of hydrogen-bond donors (Lipinski definition) is 1. The zero-order valence-electron chi connectivity index (χ0n) is 12.1. The van der Waals surface area contributed by atoms with Crippen LogP contribution < -0.4 is 4.72 Å². The van der Waals surface area contributed by atoms with Crippen LogP contribution in [0.3, 0.4) is 0 Å². The number of rotatable bonds is 5. The molecule has 23 heavy (non-hydrogen) atoms. The molecular weight excluding hydrogens is 334 g/mol. The van der Waals surface area contributed by atoms with Crippen molar-refractivity contribution in [1.82, 2.24) is 9.78 Å². The van der Waals surface area contributed by atoms with Crippen LogP contribution in [-0.2, 0) is 16.6 Å². The fourth-order valence-electron chi connectivity index (χ4n) is 2.14. The molecule has 0 fully saturated rings. The summed E-state index contributed by atoms with van der Waals surface area (Å²) in [6.07, 6.45) is 3.50. The Labute approximate surface area is 139 Å². The number of para-hydroxylation sites is 1. The first-order valence-corrected chi connectivity index (χ1v) is 8.74. The van der Waals surface area contributed by atoms with Gasteiger partial charge in [-0.3, -0.25) is 9.40 Å². The van der Waals surface area contributed by atoms with Crippen LogP contribution in [0.1, 0.15) is 5.56 Å². The van der Waals surface area contributed by atoms with Crippen molar-refractivity contribution in [2.75, 3.05) is 4.72 Å². The van der Waals surface area contributed by atoms with Crippen molar-refractivity contribution in [1.29, 1.82) is 0 Å². The van der Waals surface area contributed by atoms with E-state index in [4.69, 9.17) is 11.6 Å². The van der Waals surface area contributed by atoms with Crippen molar-refractivity contribution >= 4 is 27.3 Å². The van der Waals surface area contributed by atoms with E-state index in [1.165, 1.54) is 12.1 Å². The molecule has 0 radical (unpaired) electrons. The van der Waals surface area contributed by atoms with Gasteiger partial charge in [-0.25, -0.2) is 8.42 Å². The van der Waals surface area contributed by atoms with E-state index in [1.807, 2.05) is 24.4 Å². The van der Waals surface area contributed by atoms with Gasteiger partial charge in [0.15, 0.2) is 0 Å². The van der Waals surface area contributed by atoms with E-state index in [1.54, 1.807) is 35.1 Å². The monoisotopic (exact) mass is 347 g/mol. The summed E-state index contributed by atoms with van der Waals surface area (Å²) in [5, 5.41) is 4.63. The summed E-state index contributed by atoms with van der Waals surface area (Å²) in [5.41, 5.74) is 1.35. The maximum Gasteiger partial charge on any atom is 0.261 e. The van der Waals surface area contributed by atoms with E-state index in [0.29, 0.717) is 17.3 Å². The molecule has 1 N–H and O–H groups in total. The highest BCUT2D eigenvalue weighted by Gasteiger charge is 2.15. The first-order chi connectivity index (χ1) is 11.0. The highest BCUT2D eigenvalue weighted by atomic mass is 35.5. The standard InChI is InChI=1S/C16H14ClN3O2S/c17-14-6-8-15(9-7-14)23(21,22)19-16-5-2-1-4-13(16)12-20-11-3-10-18-20/h1-11,19H,12H2. The van der Waals surface area contributed by atoms with Gasteiger partial charge >= 0.3 is 0 Å². The molecule has 0 spiro atoms. The Bertz CT molecular complexity index is 891. The summed E-state index contributed by atoms with van der Waals surface area (Å²) in [6, 6.07) is 15.1. The molecule has 1 aromatic heterocycles. The Balaban J connectivity index is 1.89. The number of anilines is 1. The minimum absolute atomic E-state index is 0.163. The summed E-state index contributed by atoms with van der Waals surface area (Å²) >= 11 is 5.80. The lowest BCUT2D eigenvalue weighted by molar-refractivity contribution is 0.601. The van der Waals surface area contributed by atoms with Crippen LogP contribution in [0, 0.1) is 0 Å². The van der Waals surface area contributed by atoms with Crippen molar-refractivity contribution in [2.45, 2.75) is 11.4 Å². The molecule has 3 rings (SSSR count). The lowest BCUT2D eigenvalue weighted by atomic mass is 10.2. The fourth-order valence-corrected chi connectivity index (χ4v) is 3.37. The zero-order valence-corrected chi connectivity index (χ0v) is 13.6. The van der Waals surface area contributed by atoms with E-state index in [0.717, 1.165) is 5.56 Å². The smallest absolute Gasteiger partial charge is 0.261 e. The molecular formula is C16H14ClN3O2S. The molecule has 0 aliphatic carbocycles. The van der Waals surface area contributed by atoms with Crippen LogP contribution in [-0.4, -0.2) is 18.2 Å². The molecule has 5 nitrogen and oxygen atoms in total. The Morgan fingerprint density at radius 1 is 1.04 bits per heavy atom. The van der Waals surface area contributed by atoms with Gasteiger partial charge in [-0.1, -0.05) is 29.8 Å². The number of hydrogen-bond acceptors (Lipinski definition) is 3. The molecule has 0 unspecified atom stereocenters. The van der Waals surface area contributed by atoms with Crippen molar-refractivity contribution in [3.05, 3.63) is 77.6 Å². The number of nitrogens with one attached hydrogen (secondary N) is 1. The molecule has 0 amide bonds. The van der Waals surface area contributed by atoms with Crippen molar-refractivity contribution in [3.63, 3.8) is 0 Å². The molecule has 118 valence electrons. The van der Waals surface area contributed by atoms with Crippen LogP contribution in [0.4, 0.5) is 5.69 Å². The Morgan fingerprint density at radius 2 is 1.78 bits per heavy atom. The molecule has 0 aliphatic rings. The van der Waals surface area contributed by atoms with E-state index in [9.17, 15) is 8.42 Å². The molecule has 0 atom stereocenters. The molecule has 0 saturated heterocycles. The summed E-state index contributed by atoms with van der Waals surface area (Å²) in [4.78, 5) is 0.163. The van der Waals surface area contributed by atoms with Crippen LogP contribution in [0.15, 0.2) is 71.9 Å². The third-order valence-corrected chi connectivity index (χ3v) is 4.91. The van der Waals surface area contributed by atoms with Crippen LogP contribution >= 0.6 is 11.6 Å². The molecule has 7 heteroatoms. The second kappa shape index (κ2) is 6.44. The van der Waals surface area contributed by atoms with Crippen LogP contribution in [0.2, 0.25) is 5.02 Å². The molecule has 0 bridgehead atoms. The Hall–Kier alpha value is -2.31. The van der Waals surface area contributed by atoms with Gasteiger partial charge in [-0.05, 0) is 42.0 Å². The topological polar surface area (TPSA) is 64.0 Å². The molecule has 3 aromatic rings. The zero-order chi connectivity index (χ0) is 16.3. The number of nitrogens with zero attached hydrogens (tertiary/aromatic N) is 2. The maximum atomic E-state index is 12.5. The number of sulfonamides is 1. The predicted octanol–water partition coefficient (Wildman–Crippen LogP) is 3.39. The van der Waals surface area contributed by atoms with Gasteiger partial charge in [-0.15, -0.1) is 0 Å². The van der Waals surface area contributed by atoms with Gasteiger partial charge in [0.1, 0.15) is 0 Å². The van der Waals surface area contributed by atoms with E-state index < -0.39 is 10.0 Å². The predicted molar refractivity (Wildman–Crippen MR) is 90.0 cm³/mol. The third kappa shape index (κ3) is 3.72. The Morgan fingerprint density at radius 3 is 2.48 bits per heavy atom. The van der Waals surface area contributed by atoms with E-state index >= 15 is 0 Å². The quantitative estimate of drug-likeness (QED) is 0.769. The highest BCUT2D eigenvalue weighted by Crippen LogP contribution is 2.21. The lowest BCUT2D eigenvalue weighted by Crippen LogP contribution is -2.15. The maximum absolute atomic E-state index is 12.5. The molecule has 0 saturated carbocycles. The van der Waals surface area contributed by atoms with Gasteiger partial charge in [-0.2, -0.15) is 5.10 Å². The normalized spacial score (nSPS) is 11.3. The summed E-state index contributed by atoms with van der Waals surface area (Å²) < 4.78 is 29.3. The largest absolute Gasteiger partial charge is 0.279 e. The first kappa shape index (κ1) is 15.6. The Kier molecular flexibility index (Phi) is 4.36. The summed E-state index contributed by atoms with van der Waals surface area (Å²) in [5.74, 6) is 0. The van der Waals surface area contributed by atoms with Crippen molar-refractivity contribution in [2.24, 2.45) is 0 Å². The second-order valence-electron chi connectivity index (χ2n) is 4.92. The second-order valence-corrected chi connectivity index (χ2v) is 7.04. The minimum Gasteiger partial charge on any atom is -0.279 e. The minimum atomic E-state index is -3.67. The van der Waals surface area contributed by atoms with Crippen molar-refractivity contribution in [3.8, 4) is 0 Å². The first-order valence-electron chi connectivity index (χ1n) is 6.88. The SMILES string of the molecule is O=S(=O)(Nc1ccccc1Cn1cccn1)c1ccc(Cl)cc1. The van der Waals surface area contributed by atoms with Crippen LogP contribution in [0.25, 0.3) is 0 Å². The van der Waals surface area contributed by atoms with Gasteiger partial charge in [0, 0.05) is 17.4 Å². The fraction of sp³-hybridized carbons (Fsp3) is 0.0625.